The average molecular weight is 360 g/mol. The molecule has 1 fully saturated rings. The molecule has 1 aromatic carbocycles. The Morgan fingerprint density at radius 2 is 1.92 bits per heavy atom. The van der Waals surface area contributed by atoms with Gasteiger partial charge in [0.1, 0.15) is 6.54 Å². The van der Waals surface area contributed by atoms with Crippen LogP contribution in [0.15, 0.2) is 29.3 Å². The monoisotopic (exact) mass is 360 g/mol. The number of amides is 2. The summed E-state index contributed by atoms with van der Waals surface area (Å²) in [6.45, 7) is 9.36. The van der Waals surface area contributed by atoms with Gasteiger partial charge in [0.25, 0.3) is 0 Å². The molecule has 0 unspecified atom stereocenters. The van der Waals surface area contributed by atoms with Gasteiger partial charge in [0.15, 0.2) is 5.78 Å². The number of benzene rings is 1. The standard InChI is InChI=1S/C19H24N2O3S/c1-12-6-7-14(8-13(12)2)20-16(23)10-21-17(24)11-25-18(21)9-15(22)19(3,4)5/h6-9H,10-11H2,1-5H3,(H,20,23)/b18-9-. The summed E-state index contributed by atoms with van der Waals surface area (Å²) < 4.78 is 0. The average Bonchev–Trinajstić information content (AvgIpc) is 2.83. The Balaban J connectivity index is 2.09. The quantitative estimate of drug-likeness (QED) is 0.837. The first-order valence-corrected chi connectivity index (χ1v) is 9.13. The summed E-state index contributed by atoms with van der Waals surface area (Å²) in [7, 11) is 0. The molecule has 1 N–H and O–H groups in total. The number of anilines is 1. The Morgan fingerprint density at radius 3 is 2.52 bits per heavy atom. The lowest BCUT2D eigenvalue weighted by Gasteiger charge is -2.19. The van der Waals surface area contributed by atoms with Gasteiger partial charge < -0.3 is 5.32 Å². The SMILES string of the molecule is Cc1ccc(NC(=O)CN2C(=O)CS/C2=C\C(=O)C(C)(C)C)cc1C. The van der Waals surface area contributed by atoms with Crippen molar-refractivity contribution in [3.8, 4) is 0 Å². The van der Waals surface area contributed by atoms with E-state index >= 15 is 0 Å². The van der Waals surface area contributed by atoms with E-state index in [1.165, 1.54) is 22.7 Å². The zero-order valence-electron chi connectivity index (χ0n) is 15.3. The highest BCUT2D eigenvalue weighted by molar-refractivity contribution is 8.04. The second kappa shape index (κ2) is 7.44. The molecule has 2 rings (SSSR count). The summed E-state index contributed by atoms with van der Waals surface area (Å²) in [5.74, 6) is -0.258. The number of rotatable bonds is 4. The minimum atomic E-state index is -0.521. The van der Waals surface area contributed by atoms with Gasteiger partial charge in [-0.25, -0.2) is 0 Å². The van der Waals surface area contributed by atoms with Crippen molar-refractivity contribution in [2.24, 2.45) is 5.41 Å². The van der Waals surface area contributed by atoms with E-state index in [2.05, 4.69) is 5.32 Å². The van der Waals surface area contributed by atoms with E-state index in [0.29, 0.717) is 10.7 Å². The summed E-state index contributed by atoms with van der Waals surface area (Å²) >= 11 is 1.29. The second-order valence-electron chi connectivity index (χ2n) is 7.21. The van der Waals surface area contributed by atoms with E-state index < -0.39 is 5.41 Å². The zero-order chi connectivity index (χ0) is 18.8. The Labute approximate surface area is 152 Å². The van der Waals surface area contributed by atoms with Gasteiger partial charge >= 0.3 is 0 Å². The molecule has 134 valence electrons. The number of allylic oxidation sites excluding steroid dienone is 1. The van der Waals surface area contributed by atoms with Crippen molar-refractivity contribution in [2.75, 3.05) is 17.6 Å². The molecule has 2 amide bonds. The van der Waals surface area contributed by atoms with Gasteiger partial charge in [-0.05, 0) is 37.1 Å². The first-order valence-electron chi connectivity index (χ1n) is 8.14. The summed E-state index contributed by atoms with van der Waals surface area (Å²) in [5, 5.41) is 3.35. The number of aryl methyl sites for hydroxylation is 2. The number of carbonyl (C=O) groups is 3. The number of nitrogens with zero attached hydrogens (tertiary/aromatic N) is 1. The molecule has 0 bridgehead atoms. The van der Waals surface area contributed by atoms with E-state index in [4.69, 9.17) is 0 Å². The fourth-order valence-corrected chi connectivity index (χ4v) is 3.13. The van der Waals surface area contributed by atoms with Gasteiger partial charge in [0, 0.05) is 17.2 Å². The van der Waals surface area contributed by atoms with Crippen molar-refractivity contribution in [2.45, 2.75) is 34.6 Å². The third kappa shape index (κ3) is 4.95. The van der Waals surface area contributed by atoms with Crippen LogP contribution >= 0.6 is 11.8 Å². The van der Waals surface area contributed by atoms with E-state index in [1.807, 2.05) is 52.8 Å². The van der Waals surface area contributed by atoms with Crippen LogP contribution < -0.4 is 5.32 Å². The van der Waals surface area contributed by atoms with Crippen molar-refractivity contribution in [1.82, 2.24) is 4.90 Å². The van der Waals surface area contributed by atoms with E-state index in [1.54, 1.807) is 0 Å². The largest absolute Gasteiger partial charge is 0.325 e. The van der Waals surface area contributed by atoms with Gasteiger partial charge in [-0.1, -0.05) is 38.6 Å². The molecule has 0 aromatic heterocycles. The van der Waals surface area contributed by atoms with Gasteiger partial charge in [0.2, 0.25) is 11.8 Å². The molecule has 0 atom stereocenters. The molecule has 6 heteroatoms. The lowest BCUT2D eigenvalue weighted by molar-refractivity contribution is -0.129. The van der Waals surface area contributed by atoms with Crippen LogP contribution in [-0.4, -0.2) is 34.8 Å². The van der Waals surface area contributed by atoms with E-state index in [0.717, 1.165) is 11.1 Å². The van der Waals surface area contributed by atoms with Crippen LogP contribution in [0.5, 0.6) is 0 Å². The summed E-state index contributed by atoms with van der Waals surface area (Å²) in [4.78, 5) is 38.0. The molecule has 0 saturated carbocycles. The lowest BCUT2D eigenvalue weighted by Crippen LogP contribution is -2.34. The Morgan fingerprint density at radius 1 is 1.24 bits per heavy atom. The third-order valence-electron chi connectivity index (χ3n) is 4.00. The van der Waals surface area contributed by atoms with Crippen molar-refractivity contribution in [3.05, 3.63) is 40.4 Å². The van der Waals surface area contributed by atoms with Crippen LogP contribution in [0.1, 0.15) is 31.9 Å². The van der Waals surface area contributed by atoms with Gasteiger partial charge in [-0.3, -0.25) is 19.3 Å². The molecule has 25 heavy (non-hydrogen) atoms. The molecule has 1 aliphatic heterocycles. The van der Waals surface area contributed by atoms with E-state index in [9.17, 15) is 14.4 Å². The number of carbonyl (C=O) groups excluding carboxylic acids is 3. The highest BCUT2D eigenvalue weighted by atomic mass is 32.2. The van der Waals surface area contributed by atoms with E-state index in [-0.39, 0.29) is 29.9 Å². The summed E-state index contributed by atoms with van der Waals surface area (Å²) in [5.41, 5.74) is 2.41. The van der Waals surface area contributed by atoms with Crippen molar-refractivity contribution in [3.63, 3.8) is 0 Å². The van der Waals surface area contributed by atoms with Crippen LogP contribution in [0, 0.1) is 19.3 Å². The highest BCUT2D eigenvalue weighted by Gasteiger charge is 2.30. The Bertz CT molecular complexity index is 748. The summed E-state index contributed by atoms with van der Waals surface area (Å²) in [6.07, 6.45) is 1.47. The number of hydrogen-bond donors (Lipinski definition) is 1. The molecule has 1 saturated heterocycles. The predicted octanol–water partition coefficient (Wildman–Crippen LogP) is 3.27. The van der Waals surface area contributed by atoms with Crippen LogP contribution in [0.2, 0.25) is 0 Å². The van der Waals surface area contributed by atoms with Crippen LogP contribution in [0.25, 0.3) is 0 Å². The molecular weight excluding hydrogens is 336 g/mol. The lowest BCUT2D eigenvalue weighted by atomic mass is 9.91. The molecule has 1 heterocycles. The molecule has 1 aromatic rings. The van der Waals surface area contributed by atoms with Crippen molar-refractivity contribution < 1.29 is 14.4 Å². The van der Waals surface area contributed by atoms with Crippen LogP contribution in [-0.2, 0) is 14.4 Å². The van der Waals surface area contributed by atoms with Crippen molar-refractivity contribution >= 4 is 35.0 Å². The van der Waals surface area contributed by atoms with Gasteiger partial charge in [0.05, 0.1) is 10.8 Å². The number of ketones is 1. The Hall–Kier alpha value is -2.08. The fourth-order valence-electron chi connectivity index (χ4n) is 2.19. The van der Waals surface area contributed by atoms with Crippen LogP contribution in [0.4, 0.5) is 5.69 Å². The topological polar surface area (TPSA) is 66.5 Å². The molecule has 5 nitrogen and oxygen atoms in total. The number of nitrogens with one attached hydrogen (secondary N) is 1. The molecule has 0 radical (unpaired) electrons. The number of thioether (sulfide) groups is 1. The maximum Gasteiger partial charge on any atom is 0.244 e. The zero-order valence-corrected chi connectivity index (χ0v) is 16.1. The Kier molecular flexibility index (Phi) is 5.72. The summed E-state index contributed by atoms with van der Waals surface area (Å²) in [6, 6.07) is 5.67. The molecule has 0 spiro atoms. The smallest absolute Gasteiger partial charge is 0.244 e. The maximum absolute atomic E-state index is 12.3. The number of hydrogen-bond acceptors (Lipinski definition) is 4. The first kappa shape index (κ1) is 19.2. The van der Waals surface area contributed by atoms with Crippen molar-refractivity contribution in [1.29, 1.82) is 0 Å². The van der Waals surface area contributed by atoms with Gasteiger partial charge in [-0.2, -0.15) is 0 Å². The minimum Gasteiger partial charge on any atom is -0.325 e. The highest BCUT2D eigenvalue weighted by Crippen LogP contribution is 2.30. The minimum absolute atomic E-state index is 0.0655. The predicted molar refractivity (Wildman–Crippen MR) is 101 cm³/mol. The first-order chi connectivity index (χ1) is 11.6. The van der Waals surface area contributed by atoms with Gasteiger partial charge in [-0.15, -0.1) is 0 Å². The van der Waals surface area contributed by atoms with Crippen LogP contribution in [0.3, 0.4) is 0 Å². The molecular formula is C19H24N2O3S. The fraction of sp³-hybridized carbons (Fsp3) is 0.421. The molecule has 0 aliphatic carbocycles. The molecule has 1 aliphatic rings. The normalized spacial score (nSPS) is 16.4. The second-order valence-corrected chi connectivity index (χ2v) is 8.21. The maximum atomic E-state index is 12.3. The third-order valence-corrected chi connectivity index (χ3v) is 5.02.